The van der Waals surface area contributed by atoms with Crippen molar-refractivity contribution in [3.8, 4) is 11.1 Å². The lowest BCUT2D eigenvalue weighted by Crippen LogP contribution is -2.17. The van der Waals surface area contributed by atoms with Gasteiger partial charge in [-0.1, -0.05) is 12.1 Å². The summed E-state index contributed by atoms with van der Waals surface area (Å²) in [4.78, 5) is 4.07. The van der Waals surface area contributed by atoms with Crippen molar-refractivity contribution in [2.24, 2.45) is 0 Å². The molecule has 1 aromatic carbocycles. The van der Waals surface area contributed by atoms with Gasteiger partial charge >= 0.3 is 0 Å². The van der Waals surface area contributed by atoms with E-state index in [2.05, 4.69) is 33.7 Å². The minimum atomic E-state index is 0.609. The molecule has 0 aliphatic rings. The van der Waals surface area contributed by atoms with Crippen molar-refractivity contribution in [2.75, 3.05) is 5.43 Å². The third kappa shape index (κ3) is 2.33. The smallest absolute Gasteiger partial charge is 0.124 e. The van der Waals surface area contributed by atoms with Crippen molar-refractivity contribution in [2.45, 2.75) is 6.67 Å². The van der Waals surface area contributed by atoms with Crippen LogP contribution in [0.15, 0.2) is 73.4 Å². The first-order chi connectivity index (χ1) is 10.9. The molecule has 0 amide bonds. The number of fused-ring (bicyclic) bond motifs is 1. The lowest BCUT2D eigenvalue weighted by molar-refractivity contribution is 0.633. The van der Waals surface area contributed by atoms with Crippen LogP contribution in [0, 0.1) is 0 Å². The number of rotatable bonds is 4. The molecule has 4 aromatic rings. The SMILES string of the molecule is c1ccn(NCn2ncc3ccc(-c4ccncc4)cc32)c1. The van der Waals surface area contributed by atoms with E-state index in [1.165, 1.54) is 0 Å². The van der Waals surface area contributed by atoms with Gasteiger partial charge < -0.3 is 5.43 Å². The molecule has 108 valence electrons. The fourth-order valence-corrected chi connectivity index (χ4v) is 2.51. The number of benzene rings is 1. The quantitative estimate of drug-likeness (QED) is 0.628. The number of nitrogens with one attached hydrogen (secondary N) is 1. The maximum absolute atomic E-state index is 4.46. The summed E-state index contributed by atoms with van der Waals surface area (Å²) in [5.74, 6) is 0. The van der Waals surface area contributed by atoms with Gasteiger partial charge in [-0.15, -0.1) is 0 Å². The largest absolute Gasteiger partial charge is 0.305 e. The second-order valence-electron chi connectivity index (χ2n) is 5.06. The van der Waals surface area contributed by atoms with Crippen molar-refractivity contribution in [1.82, 2.24) is 19.4 Å². The molecule has 0 aliphatic carbocycles. The molecule has 0 fully saturated rings. The second kappa shape index (κ2) is 5.37. The fourth-order valence-electron chi connectivity index (χ4n) is 2.51. The standard InChI is InChI=1S/C17H15N5/c1-2-10-21(9-1)20-13-22-17-11-15(3-4-16(17)12-19-22)14-5-7-18-8-6-14/h1-12,20H,13H2. The van der Waals surface area contributed by atoms with Crippen LogP contribution in [0.25, 0.3) is 22.0 Å². The maximum atomic E-state index is 4.46. The van der Waals surface area contributed by atoms with E-state index >= 15 is 0 Å². The van der Waals surface area contributed by atoms with Gasteiger partial charge in [0, 0.05) is 30.2 Å². The van der Waals surface area contributed by atoms with Gasteiger partial charge in [-0.3, -0.25) is 9.66 Å². The predicted octanol–water partition coefficient (Wildman–Crippen LogP) is 3.10. The van der Waals surface area contributed by atoms with Crippen molar-refractivity contribution in [3.05, 3.63) is 73.4 Å². The van der Waals surface area contributed by atoms with Gasteiger partial charge in [0.25, 0.3) is 0 Å². The number of aromatic nitrogens is 4. The van der Waals surface area contributed by atoms with Crippen LogP contribution in [-0.2, 0) is 6.67 Å². The van der Waals surface area contributed by atoms with E-state index in [1.54, 1.807) is 0 Å². The molecule has 1 N–H and O–H groups in total. The highest BCUT2D eigenvalue weighted by atomic mass is 15.5. The van der Waals surface area contributed by atoms with E-state index < -0.39 is 0 Å². The van der Waals surface area contributed by atoms with Crippen LogP contribution < -0.4 is 5.43 Å². The molecule has 0 radical (unpaired) electrons. The topological polar surface area (TPSA) is 47.7 Å². The summed E-state index contributed by atoms with van der Waals surface area (Å²) in [6, 6.07) is 14.4. The Morgan fingerprint density at radius 3 is 2.59 bits per heavy atom. The Hall–Kier alpha value is -3.08. The summed E-state index contributed by atoms with van der Waals surface area (Å²) in [7, 11) is 0. The third-order valence-corrected chi connectivity index (χ3v) is 3.67. The van der Waals surface area contributed by atoms with E-state index in [9.17, 15) is 0 Å². The Labute approximate surface area is 127 Å². The Bertz CT molecular complexity index is 878. The van der Waals surface area contributed by atoms with E-state index in [1.807, 2.05) is 64.6 Å². The summed E-state index contributed by atoms with van der Waals surface area (Å²) in [5, 5.41) is 5.59. The lowest BCUT2D eigenvalue weighted by atomic mass is 10.1. The van der Waals surface area contributed by atoms with Crippen molar-refractivity contribution in [3.63, 3.8) is 0 Å². The van der Waals surface area contributed by atoms with Crippen molar-refractivity contribution >= 4 is 10.9 Å². The highest BCUT2D eigenvalue weighted by molar-refractivity contribution is 5.84. The Morgan fingerprint density at radius 1 is 0.955 bits per heavy atom. The summed E-state index contributed by atoms with van der Waals surface area (Å²) in [6.07, 6.45) is 9.44. The van der Waals surface area contributed by atoms with Crippen LogP contribution in [0.3, 0.4) is 0 Å². The Kier molecular flexibility index (Phi) is 3.08. The predicted molar refractivity (Wildman–Crippen MR) is 86.8 cm³/mol. The zero-order chi connectivity index (χ0) is 14.8. The molecule has 0 bridgehead atoms. The number of pyridine rings is 1. The van der Waals surface area contributed by atoms with E-state index in [0.717, 1.165) is 22.0 Å². The highest BCUT2D eigenvalue weighted by Gasteiger charge is 2.05. The molecule has 5 nitrogen and oxygen atoms in total. The monoisotopic (exact) mass is 289 g/mol. The molecule has 0 saturated carbocycles. The van der Waals surface area contributed by atoms with Crippen LogP contribution in [0.1, 0.15) is 0 Å². The summed E-state index contributed by atoms with van der Waals surface area (Å²) in [6.45, 7) is 0.609. The van der Waals surface area contributed by atoms with Gasteiger partial charge in [-0.25, -0.2) is 4.68 Å². The molecule has 22 heavy (non-hydrogen) atoms. The molecular weight excluding hydrogens is 274 g/mol. The Morgan fingerprint density at radius 2 is 1.77 bits per heavy atom. The first kappa shape index (κ1) is 12.6. The number of nitrogens with zero attached hydrogens (tertiary/aromatic N) is 4. The van der Waals surface area contributed by atoms with Gasteiger partial charge in [0.2, 0.25) is 0 Å². The van der Waals surface area contributed by atoms with Crippen LogP contribution in [0.5, 0.6) is 0 Å². The average Bonchev–Trinajstić information content (AvgIpc) is 3.23. The lowest BCUT2D eigenvalue weighted by Gasteiger charge is -2.09. The van der Waals surface area contributed by atoms with Gasteiger partial charge in [0.15, 0.2) is 0 Å². The van der Waals surface area contributed by atoms with Crippen LogP contribution in [0.4, 0.5) is 0 Å². The van der Waals surface area contributed by atoms with E-state index in [4.69, 9.17) is 0 Å². The maximum Gasteiger partial charge on any atom is 0.124 e. The summed E-state index contributed by atoms with van der Waals surface area (Å²) >= 11 is 0. The van der Waals surface area contributed by atoms with Crippen molar-refractivity contribution < 1.29 is 0 Å². The molecule has 0 aliphatic heterocycles. The molecule has 4 rings (SSSR count). The molecule has 0 unspecified atom stereocenters. The first-order valence-corrected chi connectivity index (χ1v) is 7.13. The molecule has 3 aromatic heterocycles. The van der Waals surface area contributed by atoms with Crippen LogP contribution in [0.2, 0.25) is 0 Å². The molecular formula is C17H15N5. The number of hydrogen-bond acceptors (Lipinski definition) is 3. The molecule has 0 atom stereocenters. The van der Waals surface area contributed by atoms with E-state index in [0.29, 0.717) is 6.67 Å². The summed E-state index contributed by atoms with van der Waals surface area (Å²) < 4.78 is 3.88. The Balaban J connectivity index is 1.67. The molecule has 0 saturated heterocycles. The third-order valence-electron chi connectivity index (χ3n) is 3.67. The molecule has 5 heteroatoms. The second-order valence-corrected chi connectivity index (χ2v) is 5.06. The average molecular weight is 289 g/mol. The highest BCUT2D eigenvalue weighted by Crippen LogP contribution is 2.23. The minimum absolute atomic E-state index is 0.609. The van der Waals surface area contributed by atoms with Gasteiger partial charge in [-0.05, 0) is 41.5 Å². The van der Waals surface area contributed by atoms with Crippen LogP contribution in [-0.4, -0.2) is 19.4 Å². The van der Waals surface area contributed by atoms with Crippen LogP contribution >= 0.6 is 0 Å². The summed E-state index contributed by atoms with van der Waals surface area (Å²) in [5.41, 5.74) is 6.71. The van der Waals surface area contributed by atoms with Gasteiger partial charge in [0.05, 0.1) is 11.7 Å². The van der Waals surface area contributed by atoms with Crippen molar-refractivity contribution in [1.29, 1.82) is 0 Å². The minimum Gasteiger partial charge on any atom is -0.305 e. The molecule has 0 spiro atoms. The normalized spacial score (nSPS) is 10.9. The number of hydrogen-bond donors (Lipinski definition) is 1. The van der Waals surface area contributed by atoms with Gasteiger partial charge in [-0.2, -0.15) is 5.10 Å². The zero-order valence-corrected chi connectivity index (χ0v) is 11.9. The zero-order valence-electron chi connectivity index (χ0n) is 11.9. The van der Waals surface area contributed by atoms with E-state index in [-0.39, 0.29) is 0 Å². The van der Waals surface area contributed by atoms with Gasteiger partial charge in [0.1, 0.15) is 6.67 Å². The molecule has 3 heterocycles. The first-order valence-electron chi connectivity index (χ1n) is 7.13. The fraction of sp³-hybridized carbons (Fsp3) is 0.0588.